The number of fused-ring (bicyclic) bond motifs is 5. The summed E-state index contributed by atoms with van der Waals surface area (Å²) >= 11 is 0. The second-order valence-corrected chi connectivity index (χ2v) is 13.0. The summed E-state index contributed by atoms with van der Waals surface area (Å²) in [6.07, 6.45) is -0.422. The molecule has 0 aliphatic carbocycles. The van der Waals surface area contributed by atoms with E-state index in [9.17, 15) is 0 Å². The molecule has 0 bridgehead atoms. The Balaban J connectivity index is 1.11. The SMILES string of the molecule is c1ccc(C2=NC(c3ccc(-c4cccc5oc6cc(-c7ccc8ccccc8c7)ccc6c45)c4ccccc34)N=C(c3ccccc3)N2)cc1. The fraction of sp³-hybridized carbons (Fsp3) is 0.0213. The first-order valence-electron chi connectivity index (χ1n) is 17.3. The fourth-order valence-electron chi connectivity index (χ4n) is 7.46. The average Bonchev–Trinajstić information content (AvgIpc) is 3.59. The van der Waals surface area contributed by atoms with Crippen LogP contribution in [0.2, 0.25) is 0 Å². The normalized spacial score (nSPS) is 13.4. The molecule has 4 nitrogen and oxygen atoms in total. The van der Waals surface area contributed by atoms with Crippen molar-refractivity contribution in [2.24, 2.45) is 9.98 Å². The lowest BCUT2D eigenvalue weighted by Gasteiger charge is -2.23. The van der Waals surface area contributed by atoms with E-state index < -0.39 is 6.17 Å². The highest BCUT2D eigenvalue weighted by molar-refractivity contribution is 6.17. The number of amidine groups is 2. The van der Waals surface area contributed by atoms with Crippen molar-refractivity contribution in [1.29, 1.82) is 0 Å². The maximum absolute atomic E-state index is 6.56. The van der Waals surface area contributed by atoms with E-state index in [1.165, 1.54) is 16.3 Å². The molecule has 2 heterocycles. The van der Waals surface area contributed by atoms with Gasteiger partial charge in [-0.3, -0.25) is 0 Å². The summed E-state index contributed by atoms with van der Waals surface area (Å²) in [5.41, 5.74) is 9.45. The predicted molar refractivity (Wildman–Crippen MR) is 211 cm³/mol. The van der Waals surface area contributed by atoms with Gasteiger partial charge in [-0.05, 0) is 68.1 Å². The quantitative estimate of drug-likeness (QED) is 0.201. The van der Waals surface area contributed by atoms with Crippen LogP contribution in [0.5, 0.6) is 0 Å². The Morgan fingerprint density at radius 3 is 1.82 bits per heavy atom. The monoisotopic (exact) mass is 653 g/mol. The molecule has 0 saturated heterocycles. The van der Waals surface area contributed by atoms with Crippen LogP contribution in [-0.4, -0.2) is 11.7 Å². The Hall–Kier alpha value is -6.78. The van der Waals surface area contributed by atoms with E-state index in [1.54, 1.807) is 0 Å². The zero-order chi connectivity index (χ0) is 33.7. The van der Waals surface area contributed by atoms with Crippen molar-refractivity contribution in [3.05, 3.63) is 193 Å². The van der Waals surface area contributed by atoms with Gasteiger partial charge in [-0.25, -0.2) is 9.98 Å². The molecule has 1 aliphatic rings. The molecule has 1 N–H and O–H groups in total. The van der Waals surface area contributed by atoms with E-state index in [1.807, 2.05) is 36.4 Å². The minimum absolute atomic E-state index is 0.422. The molecular formula is C47H31N3O. The molecule has 10 rings (SSSR count). The number of nitrogens with one attached hydrogen (secondary N) is 1. The number of furan rings is 1. The van der Waals surface area contributed by atoms with E-state index in [2.05, 4.69) is 145 Å². The Bertz CT molecular complexity index is 2780. The number of hydrogen-bond acceptors (Lipinski definition) is 4. The summed E-state index contributed by atoms with van der Waals surface area (Å²) in [6, 6.07) is 61.6. The van der Waals surface area contributed by atoms with Gasteiger partial charge in [0.1, 0.15) is 22.8 Å². The summed E-state index contributed by atoms with van der Waals surface area (Å²) in [4.78, 5) is 10.4. The van der Waals surface area contributed by atoms with Crippen LogP contribution in [0.4, 0.5) is 0 Å². The Labute approximate surface area is 295 Å². The smallest absolute Gasteiger partial charge is 0.170 e. The van der Waals surface area contributed by atoms with Crippen molar-refractivity contribution in [2.75, 3.05) is 0 Å². The van der Waals surface area contributed by atoms with Crippen molar-refractivity contribution >= 4 is 55.2 Å². The number of rotatable bonds is 5. The number of aliphatic imine (C=N–C) groups is 2. The highest BCUT2D eigenvalue weighted by Gasteiger charge is 2.23. The van der Waals surface area contributed by atoms with Crippen LogP contribution in [0, 0.1) is 0 Å². The van der Waals surface area contributed by atoms with Crippen molar-refractivity contribution < 1.29 is 4.42 Å². The van der Waals surface area contributed by atoms with Crippen LogP contribution < -0.4 is 5.32 Å². The zero-order valence-corrected chi connectivity index (χ0v) is 27.6. The molecule has 8 aromatic carbocycles. The van der Waals surface area contributed by atoms with Gasteiger partial charge in [-0.1, -0.05) is 152 Å². The largest absolute Gasteiger partial charge is 0.456 e. The summed E-state index contributed by atoms with van der Waals surface area (Å²) < 4.78 is 6.56. The number of hydrogen-bond donors (Lipinski definition) is 1. The van der Waals surface area contributed by atoms with E-state index in [4.69, 9.17) is 14.4 Å². The van der Waals surface area contributed by atoms with Gasteiger partial charge in [0.15, 0.2) is 6.17 Å². The van der Waals surface area contributed by atoms with Crippen molar-refractivity contribution in [3.8, 4) is 22.3 Å². The maximum Gasteiger partial charge on any atom is 0.170 e. The summed E-state index contributed by atoms with van der Waals surface area (Å²) in [5.74, 6) is 1.61. The standard InChI is InChI=1S/C47H31N3O/c1-3-13-31(14-4-1)45-48-46(32-15-5-2-6-16-32)50-47(49-45)40-27-26-38(36-18-9-10-19-37(36)40)39-20-11-21-42-44(39)41-25-24-35(29-43(41)51-42)34-23-22-30-12-7-8-17-33(30)28-34/h1-29,47H,(H,48,49,50). The van der Waals surface area contributed by atoms with Crippen LogP contribution in [-0.2, 0) is 0 Å². The molecule has 0 spiro atoms. The van der Waals surface area contributed by atoms with Crippen LogP contribution in [0.15, 0.2) is 190 Å². The number of benzene rings is 8. The third kappa shape index (κ3) is 5.08. The Kier molecular flexibility index (Phi) is 6.85. The molecule has 51 heavy (non-hydrogen) atoms. The fourth-order valence-corrected chi connectivity index (χ4v) is 7.46. The zero-order valence-electron chi connectivity index (χ0n) is 27.6. The minimum Gasteiger partial charge on any atom is -0.456 e. The molecule has 4 heteroatoms. The first-order valence-corrected chi connectivity index (χ1v) is 17.3. The molecule has 0 unspecified atom stereocenters. The molecule has 0 fully saturated rings. The molecule has 0 radical (unpaired) electrons. The van der Waals surface area contributed by atoms with E-state index in [0.29, 0.717) is 0 Å². The van der Waals surface area contributed by atoms with Gasteiger partial charge < -0.3 is 9.73 Å². The van der Waals surface area contributed by atoms with Crippen molar-refractivity contribution in [3.63, 3.8) is 0 Å². The molecule has 0 amide bonds. The summed E-state index contributed by atoms with van der Waals surface area (Å²) in [6.45, 7) is 0. The van der Waals surface area contributed by atoms with Crippen LogP contribution in [0.3, 0.4) is 0 Å². The van der Waals surface area contributed by atoms with Crippen molar-refractivity contribution in [2.45, 2.75) is 6.17 Å². The summed E-state index contributed by atoms with van der Waals surface area (Å²) in [5, 5.41) is 10.5. The van der Waals surface area contributed by atoms with E-state index in [-0.39, 0.29) is 0 Å². The average molecular weight is 654 g/mol. The molecule has 9 aromatic rings. The second-order valence-electron chi connectivity index (χ2n) is 13.0. The van der Waals surface area contributed by atoms with E-state index in [0.717, 1.165) is 77.8 Å². The molecular weight excluding hydrogens is 623 g/mol. The third-order valence-corrected chi connectivity index (χ3v) is 9.94. The molecule has 1 aromatic heterocycles. The lowest BCUT2D eigenvalue weighted by Crippen LogP contribution is -2.36. The van der Waals surface area contributed by atoms with Crippen LogP contribution >= 0.6 is 0 Å². The Morgan fingerprint density at radius 2 is 1.06 bits per heavy atom. The van der Waals surface area contributed by atoms with Gasteiger partial charge in [0.05, 0.1) is 0 Å². The van der Waals surface area contributed by atoms with Gasteiger partial charge in [-0.15, -0.1) is 0 Å². The van der Waals surface area contributed by atoms with Gasteiger partial charge in [-0.2, -0.15) is 0 Å². The predicted octanol–water partition coefficient (Wildman–Crippen LogP) is 11.7. The van der Waals surface area contributed by atoms with Gasteiger partial charge in [0.2, 0.25) is 0 Å². The topological polar surface area (TPSA) is 49.9 Å². The highest BCUT2D eigenvalue weighted by Crippen LogP contribution is 2.42. The molecule has 0 saturated carbocycles. The first kappa shape index (κ1) is 29.2. The Morgan fingerprint density at radius 1 is 0.412 bits per heavy atom. The van der Waals surface area contributed by atoms with Gasteiger partial charge in [0, 0.05) is 27.5 Å². The third-order valence-electron chi connectivity index (χ3n) is 9.94. The first-order chi connectivity index (χ1) is 25.3. The molecule has 0 atom stereocenters. The highest BCUT2D eigenvalue weighted by atomic mass is 16.3. The molecule has 1 aliphatic heterocycles. The second kappa shape index (κ2) is 12.0. The van der Waals surface area contributed by atoms with Gasteiger partial charge >= 0.3 is 0 Å². The van der Waals surface area contributed by atoms with Crippen molar-refractivity contribution in [1.82, 2.24) is 5.32 Å². The summed E-state index contributed by atoms with van der Waals surface area (Å²) in [7, 11) is 0. The van der Waals surface area contributed by atoms with E-state index >= 15 is 0 Å². The molecule has 240 valence electrons. The van der Waals surface area contributed by atoms with Crippen LogP contribution in [0.25, 0.3) is 65.7 Å². The van der Waals surface area contributed by atoms with Crippen LogP contribution in [0.1, 0.15) is 22.9 Å². The minimum atomic E-state index is -0.422. The van der Waals surface area contributed by atoms with Gasteiger partial charge in [0.25, 0.3) is 0 Å². The number of nitrogens with zero attached hydrogens (tertiary/aromatic N) is 2. The maximum atomic E-state index is 6.56. The lowest BCUT2D eigenvalue weighted by atomic mass is 9.91. The lowest BCUT2D eigenvalue weighted by molar-refractivity contribution is 0.669.